The van der Waals surface area contributed by atoms with Crippen LogP contribution in [0.5, 0.6) is 5.75 Å². The summed E-state index contributed by atoms with van der Waals surface area (Å²) in [6.07, 6.45) is 6.81. The lowest BCUT2D eigenvalue weighted by Gasteiger charge is -2.12. The van der Waals surface area contributed by atoms with E-state index in [1.54, 1.807) is 12.3 Å². The predicted molar refractivity (Wildman–Crippen MR) is 73.0 cm³/mol. The second-order valence-corrected chi connectivity index (χ2v) is 4.59. The van der Waals surface area contributed by atoms with Gasteiger partial charge in [0.25, 0.3) is 0 Å². The van der Waals surface area contributed by atoms with Crippen LogP contribution in [0.15, 0.2) is 12.3 Å². The molecular formula is C14H17N3O3. The molecule has 1 fully saturated rings. The highest BCUT2D eigenvalue weighted by Crippen LogP contribution is 2.17. The van der Waals surface area contributed by atoms with Crippen LogP contribution >= 0.6 is 0 Å². The zero-order valence-corrected chi connectivity index (χ0v) is 11.2. The number of terminal acetylenes is 1. The van der Waals surface area contributed by atoms with Crippen LogP contribution in [-0.4, -0.2) is 41.8 Å². The van der Waals surface area contributed by atoms with E-state index in [9.17, 15) is 9.90 Å². The molecule has 0 radical (unpaired) electrons. The van der Waals surface area contributed by atoms with Crippen molar-refractivity contribution >= 4 is 5.91 Å². The zero-order chi connectivity index (χ0) is 14.5. The normalized spacial score (nSPS) is 21.2. The van der Waals surface area contributed by atoms with Gasteiger partial charge in [-0.1, -0.05) is 5.92 Å². The van der Waals surface area contributed by atoms with E-state index in [0.717, 1.165) is 0 Å². The lowest BCUT2D eigenvalue weighted by molar-refractivity contribution is -0.123. The molecule has 6 heteroatoms. The molecule has 6 nitrogen and oxygen atoms in total. The molecule has 106 valence electrons. The maximum Gasteiger partial charge on any atom is 0.237 e. The van der Waals surface area contributed by atoms with E-state index in [1.807, 2.05) is 0 Å². The third-order valence-corrected chi connectivity index (χ3v) is 3.17. The number of aliphatic hydroxyl groups excluding tert-OH is 1. The fourth-order valence-electron chi connectivity index (χ4n) is 2.07. The van der Waals surface area contributed by atoms with E-state index in [2.05, 4.69) is 21.5 Å². The summed E-state index contributed by atoms with van der Waals surface area (Å²) in [4.78, 5) is 16.1. The molecule has 0 unspecified atom stereocenters. The minimum atomic E-state index is -0.465. The summed E-state index contributed by atoms with van der Waals surface area (Å²) in [7, 11) is 1.53. The first kappa shape index (κ1) is 14.3. The van der Waals surface area contributed by atoms with E-state index < -0.39 is 6.10 Å². The van der Waals surface area contributed by atoms with Gasteiger partial charge in [-0.2, -0.15) is 0 Å². The third kappa shape index (κ3) is 3.26. The number of aliphatic hydroxyl groups is 1. The molecule has 0 saturated carbocycles. The van der Waals surface area contributed by atoms with Crippen molar-refractivity contribution in [1.29, 1.82) is 0 Å². The Labute approximate surface area is 117 Å². The summed E-state index contributed by atoms with van der Waals surface area (Å²) < 4.78 is 5.20. The van der Waals surface area contributed by atoms with Crippen molar-refractivity contribution < 1.29 is 14.6 Å². The smallest absolute Gasteiger partial charge is 0.237 e. The SMILES string of the molecule is C#Cc1cnc(CNC(=O)[C@@H]2C[C@@H](O)CN2)c(OC)c1. The van der Waals surface area contributed by atoms with Gasteiger partial charge in [0.15, 0.2) is 0 Å². The predicted octanol–water partition coefficient (Wildman–Crippen LogP) is -0.589. The maximum atomic E-state index is 11.9. The van der Waals surface area contributed by atoms with Crippen LogP contribution in [0.2, 0.25) is 0 Å². The number of nitrogens with one attached hydrogen (secondary N) is 2. The van der Waals surface area contributed by atoms with E-state index in [0.29, 0.717) is 30.0 Å². The Balaban J connectivity index is 1.97. The molecule has 2 atom stereocenters. The average Bonchev–Trinajstić information content (AvgIpc) is 2.91. The third-order valence-electron chi connectivity index (χ3n) is 3.17. The molecule has 2 heterocycles. The van der Waals surface area contributed by atoms with Gasteiger partial charge in [0.2, 0.25) is 5.91 Å². The van der Waals surface area contributed by atoms with Crippen LogP contribution < -0.4 is 15.4 Å². The quantitative estimate of drug-likeness (QED) is 0.640. The topological polar surface area (TPSA) is 83.5 Å². The molecule has 1 aromatic rings. The van der Waals surface area contributed by atoms with Crippen LogP contribution in [0.1, 0.15) is 17.7 Å². The van der Waals surface area contributed by atoms with Gasteiger partial charge in [0.1, 0.15) is 11.4 Å². The Morgan fingerprint density at radius 1 is 1.75 bits per heavy atom. The van der Waals surface area contributed by atoms with Gasteiger partial charge < -0.3 is 20.5 Å². The number of carbonyl (C=O) groups excluding carboxylic acids is 1. The van der Waals surface area contributed by atoms with Gasteiger partial charge in [-0.05, 0) is 12.5 Å². The van der Waals surface area contributed by atoms with Gasteiger partial charge in [-0.3, -0.25) is 9.78 Å². The first-order valence-corrected chi connectivity index (χ1v) is 6.32. The molecular weight excluding hydrogens is 258 g/mol. The van der Waals surface area contributed by atoms with Crippen molar-refractivity contribution in [2.24, 2.45) is 0 Å². The molecule has 2 rings (SSSR count). The Hall–Kier alpha value is -2.10. The van der Waals surface area contributed by atoms with Gasteiger partial charge >= 0.3 is 0 Å². The van der Waals surface area contributed by atoms with Gasteiger partial charge in [-0.25, -0.2) is 0 Å². The Morgan fingerprint density at radius 3 is 3.15 bits per heavy atom. The highest BCUT2D eigenvalue weighted by Gasteiger charge is 2.27. The molecule has 0 bridgehead atoms. The van der Waals surface area contributed by atoms with E-state index in [1.165, 1.54) is 7.11 Å². The van der Waals surface area contributed by atoms with Crippen molar-refractivity contribution in [3.63, 3.8) is 0 Å². The highest BCUT2D eigenvalue weighted by molar-refractivity contribution is 5.82. The van der Waals surface area contributed by atoms with E-state index in [4.69, 9.17) is 11.2 Å². The summed E-state index contributed by atoms with van der Waals surface area (Å²) >= 11 is 0. The number of β-amino-alcohol motifs (C(OH)–C–C–N with tert-alkyl or cyclic N) is 1. The number of nitrogens with zero attached hydrogens (tertiary/aromatic N) is 1. The summed E-state index contributed by atoms with van der Waals surface area (Å²) in [5, 5.41) is 15.1. The van der Waals surface area contributed by atoms with Gasteiger partial charge in [-0.15, -0.1) is 6.42 Å². The van der Waals surface area contributed by atoms with Crippen LogP contribution in [0.25, 0.3) is 0 Å². The molecule has 0 spiro atoms. The van der Waals surface area contributed by atoms with E-state index >= 15 is 0 Å². The van der Waals surface area contributed by atoms with Crippen molar-refractivity contribution in [3.8, 4) is 18.1 Å². The fraction of sp³-hybridized carbons (Fsp3) is 0.429. The summed E-state index contributed by atoms with van der Waals surface area (Å²) in [5.41, 5.74) is 1.23. The summed E-state index contributed by atoms with van der Waals surface area (Å²) in [6.45, 7) is 0.692. The minimum absolute atomic E-state index is 0.161. The van der Waals surface area contributed by atoms with Gasteiger partial charge in [0.05, 0.1) is 25.8 Å². The number of aromatic nitrogens is 1. The lowest BCUT2D eigenvalue weighted by atomic mass is 10.2. The largest absolute Gasteiger partial charge is 0.495 e. The Bertz CT molecular complexity index is 539. The Morgan fingerprint density at radius 2 is 2.55 bits per heavy atom. The summed E-state index contributed by atoms with van der Waals surface area (Å²) in [6, 6.07) is 1.34. The number of carbonyl (C=O) groups is 1. The monoisotopic (exact) mass is 275 g/mol. The first-order valence-electron chi connectivity index (χ1n) is 6.32. The number of hydrogen-bond donors (Lipinski definition) is 3. The molecule has 1 amide bonds. The standard InChI is InChI=1S/C14H17N3O3/c1-3-9-4-13(20-2)12(15-6-9)8-17-14(19)11-5-10(18)7-16-11/h1,4,6,10-11,16,18H,5,7-8H2,2H3,(H,17,19)/t10-,11+/m1/s1. The van der Waals surface area contributed by atoms with Crippen LogP contribution in [0.3, 0.4) is 0 Å². The fourth-order valence-corrected chi connectivity index (χ4v) is 2.07. The number of hydrogen-bond acceptors (Lipinski definition) is 5. The van der Waals surface area contributed by atoms with E-state index in [-0.39, 0.29) is 18.5 Å². The molecule has 1 aromatic heterocycles. The lowest BCUT2D eigenvalue weighted by Crippen LogP contribution is -2.40. The summed E-state index contributed by atoms with van der Waals surface area (Å²) in [5.74, 6) is 2.86. The number of amides is 1. The second kappa shape index (κ2) is 6.37. The van der Waals surface area contributed by atoms with Crippen LogP contribution in [0.4, 0.5) is 0 Å². The Kier molecular flexibility index (Phi) is 4.56. The second-order valence-electron chi connectivity index (χ2n) is 4.59. The maximum absolute atomic E-state index is 11.9. The van der Waals surface area contributed by atoms with Gasteiger partial charge in [0, 0.05) is 18.3 Å². The first-order chi connectivity index (χ1) is 9.63. The van der Waals surface area contributed by atoms with Crippen molar-refractivity contribution in [2.45, 2.75) is 25.1 Å². The van der Waals surface area contributed by atoms with Crippen molar-refractivity contribution in [2.75, 3.05) is 13.7 Å². The average molecular weight is 275 g/mol. The number of rotatable bonds is 4. The molecule has 20 heavy (non-hydrogen) atoms. The van der Waals surface area contributed by atoms with Crippen molar-refractivity contribution in [1.82, 2.24) is 15.6 Å². The van der Waals surface area contributed by atoms with Crippen LogP contribution in [-0.2, 0) is 11.3 Å². The molecule has 0 aromatic carbocycles. The van der Waals surface area contributed by atoms with Crippen LogP contribution in [0, 0.1) is 12.3 Å². The molecule has 3 N–H and O–H groups in total. The zero-order valence-electron chi connectivity index (χ0n) is 11.2. The molecule has 1 aliphatic heterocycles. The number of methoxy groups -OCH3 is 1. The molecule has 1 saturated heterocycles. The van der Waals surface area contributed by atoms with Crippen molar-refractivity contribution in [3.05, 3.63) is 23.5 Å². The molecule has 0 aliphatic carbocycles. The minimum Gasteiger partial charge on any atom is -0.495 e. The molecule has 1 aliphatic rings. The number of ether oxygens (including phenoxy) is 1. The number of pyridine rings is 1. The highest BCUT2D eigenvalue weighted by atomic mass is 16.5.